The van der Waals surface area contributed by atoms with Crippen molar-refractivity contribution in [3.05, 3.63) is 17.8 Å². The van der Waals surface area contributed by atoms with E-state index >= 15 is 0 Å². The number of nitrogens with two attached hydrogens (primary N) is 1. The highest BCUT2D eigenvalue weighted by atomic mass is 16.5. The molecule has 0 aliphatic carbocycles. The molecule has 90 valence electrons. The second kappa shape index (κ2) is 6.33. The predicted octanol–water partition coefficient (Wildman–Crippen LogP) is 2.02. The third kappa shape index (κ3) is 4.49. The number of hydrogen-bond acceptors (Lipinski definition) is 4. The molecular formula is C12H20N2O2. The van der Waals surface area contributed by atoms with Gasteiger partial charge in [-0.3, -0.25) is 0 Å². The molecule has 1 heterocycles. The average molecular weight is 224 g/mol. The Hall–Kier alpha value is -1.29. The van der Waals surface area contributed by atoms with E-state index in [1.807, 2.05) is 13.0 Å². The third-order valence-electron chi connectivity index (χ3n) is 1.97. The van der Waals surface area contributed by atoms with E-state index in [1.54, 1.807) is 6.20 Å². The van der Waals surface area contributed by atoms with Gasteiger partial charge in [-0.2, -0.15) is 0 Å². The van der Waals surface area contributed by atoms with Crippen LogP contribution in [0.1, 0.15) is 19.4 Å². The van der Waals surface area contributed by atoms with Crippen molar-refractivity contribution in [2.24, 2.45) is 5.92 Å². The van der Waals surface area contributed by atoms with E-state index < -0.39 is 0 Å². The summed E-state index contributed by atoms with van der Waals surface area (Å²) >= 11 is 0. The van der Waals surface area contributed by atoms with E-state index in [9.17, 15) is 0 Å². The van der Waals surface area contributed by atoms with Gasteiger partial charge in [-0.05, 0) is 18.9 Å². The number of ether oxygens (including phenoxy) is 2. The molecule has 0 amide bonds. The van der Waals surface area contributed by atoms with Gasteiger partial charge in [0.15, 0.2) is 0 Å². The van der Waals surface area contributed by atoms with Gasteiger partial charge in [0, 0.05) is 12.2 Å². The Balaban J connectivity index is 2.27. The number of rotatable bonds is 6. The zero-order valence-corrected chi connectivity index (χ0v) is 10.2. The van der Waals surface area contributed by atoms with Gasteiger partial charge in [0.05, 0.1) is 18.5 Å². The Labute approximate surface area is 96.8 Å². The molecule has 1 aromatic rings. The van der Waals surface area contributed by atoms with Gasteiger partial charge in [-0.1, -0.05) is 13.8 Å². The number of aromatic nitrogens is 1. The molecular weight excluding hydrogens is 204 g/mol. The summed E-state index contributed by atoms with van der Waals surface area (Å²) in [5, 5.41) is 0. The van der Waals surface area contributed by atoms with Crippen molar-refractivity contribution in [2.75, 3.05) is 25.6 Å². The highest BCUT2D eigenvalue weighted by molar-refractivity contribution is 5.41. The minimum absolute atomic E-state index is 0.518. The van der Waals surface area contributed by atoms with Crippen molar-refractivity contribution >= 4 is 5.69 Å². The van der Waals surface area contributed by atoms with Crippen LogP contribution in [0.5, 0.6) is 5.88 Å². The maximum absolute atomic E-state index is 5.59. The standard InChI is InChI=1S/C12H20N2O2/c1-9(2)8-15-4-5-16-12-10(3)6-11(13)7-14-12/h6-7,9H,4-5,8,13H2,1-3H3. The van der Waals surface area contributed by atoms with Crippen LogP contribution >= 0.6 is 0 Å². The summed E-state index contributed by atoms with van der Waals surface area (Å²) in [6.45, 7) is 8.03. The van der Waals surface area contributed by atoms with Crippen molar-refractivity contribution in [1.82, 2.24) is 4.98 Å². The summed E-state index contributed by atoms with van der Waals surface area (Å²) in [7, 11) is 0. The first kappa shape index (κ1) is 12.8. The Morgan fingerprint density at radius 2 is 2.12 bits per heavy atom. The number of anilines is 1. The van der Waals surface area contributed by atoms with Gasteiger partial charge in [0.25, 0.3) is 0 Å². The molecule has 1 aromatic heterocycles. The lowest BCUT2D eigenvalue weighted by atomic mass is 10.2. The second-order valence-electron chi connectivity index (χ2n) is 4.21. The molecule has 0 aromatic carbocycles. The quantitative estimate of drug-likeness (QED) is 0.751. The van der Waals surface area contributed by atoms with Crippen LogP contribution in [-0.4, -0.2) is 24.8 Å². The smallest absolute Gasteiger partial charge is 0.216 e. The molecule has 0 spiro atoms. The van der Waals surface area contributed by atoms with E-state index in [4.69, 9.17) is 15.2 Å². The second-order valence-corrected chi connectivity index (χ2v) is 4.21. The molecule has 4 nitrogen and oxygen atoms in total. The molecule has 0 aliphatic heterocycles. The van der Waals surface area contributed by atoms with Crippen LogP contribution in [0.2, 0.25) is 0 Å². The monoisotopic (exact) mass is 224 g/mol. The topological polar surface area (TPSA) is 57.4 Å². The van der Waals surface area contributed by atoms with E-state index in [0.29, 0.717) is 30.7 Å². The fourth-order valence-electron chi connectivity index (χ4n) is 1.25. The lowest BCUT2D eigenvalue weighted by Gasteiger charge is -2.09. The van der Waals surface area contributed by atoms with Gasteiger partial charge in [0.2, 0.25) is 5.88 Å². The number of nitrogens with zero attached hydrogens (tertiary/aromatic N) is 1. The molecule has 0 atom stereocenters. The predicted molar refractivity (Wildman–Crippen MR) is 64.5 cm³/mol. The molecule has 4 heteroatoms. The lowest BCUT2D eigenvalue weighted by Crippen LogP contribution is -2.11. The fraction of sp³-hybridized carbons (Fsp3) is 0.583. The van der Waals surface area contributed by atoms with Crippen LogP contribution in [0.3, 0.4) is 0 Å². The maximum atomic E-state index is 5.59. The van der Waals surface area contributed by atoms with Crippen molar-refractivity contribution in [3.8, 4) is 5.88 Å². The maximum Gasteiger partial charge on any atom is 0.216 e. The summed E-state index contributed by atoms with van der Waals surface area (Å²) in [4.78, 5) is 4.11. The summed E-state index contributed by atoms with van der Waals surface area (Å²) in [5.41, 5.74) is 7.20. The normalized spacial score (nSPS) is 10.8. The van der Waals surface area contributed by atoms with Gasteiger partial charge in [0.1, 0.15) is 6.61 Å². The van der Waals surface area contributed by atoms with Crippen LogP contribution in [0.15, 0.2) is 12.3 Å². The Kier molecular flexibility index (Phi) is 5.05. The molecule has 0 saturated heterocycles. The van der Waals surface area contributed by atoms with Crippen LogP contribution in [0.25, 0.3) is 0 Å². The van der Waals surface area contributed by atoms with Crippen LogP contribution < -0.4 is 10.5 Å². The summed E-state index contributed by atoms with van der Waals surface area (Å²) in [6, 6.07) is 1.84. The molecule has 0 aliphatic rings. The molecule has 0 bridgehead atoms. The Morgan fingerprint density at radius 1 is 1.38 bits per heavy atom. The molecule has 0 radical (unpaired) electrons. The number of aryl methyl sites for hydroxylation is 1. The minimum atomic E-state index is 0.518. The van der Waals surface area contributed by atoms with Crippen LogP contribution in [0.4, 0.5) is 5.69 Å². The molecule has 0 saturated carbocycles. The van der Waals surface area contributed by atoms with E-state index in [2.05, 4.69) is 18.8 Å². The highest BCUT2D eigenvalue weighted by Crippen LogP contribution is 2.15. The lowest BCUT2D eigenvalue weighted by molar-refractivity contribution is 0.0804. The van der Waals surface area contributed by atoms with E-state index in [-0.39, 0.29) is 0 Å². The number of hydrogen-bond donors (Lipinski definition) is 1. The summed E-state index contributed by atoms with van der Waals surface area (Å²) in [5.74, 6) is 1.18. The molecule has 1 rings (SSSR count). The minimum Gasteiger partial charge on any atom is -0.475 e. The van der Waals surface area contributed by atoms with Crippen molar-refractivity contribution in [1.29, 1.82) is 0 Å². The van der Waals surface area contributed by atoms with Gasteiger partial charge in [-0.15, -0.1) is 0 Å². The highest BCUT2D eigenvalue weighted by Gasteiger charge is 2.01. The Morgan fingerprint density at radius 3 is 2.75 bits per heavy atom. The SMILES string of the molecule is Cc1cc(N)cnc1OCCOCC(C)C. The molecule has 2 N–H and O–H groups in total. The zero-order valence-electron chi connectivity index (χ0n) is 10.2. The van der Waals surface area contributed by atoms with E-state index in [1.165, 1.54) is 0 Å². The van der Waals surface area contributed by atoms with Gasteiger partial charge in [-0.25, -0.2) is 4.98 Å². The Bertz CT molecular complexity index is 327. The summed E-state index contributed by atoms with van der Waals surface area (Å²) < 4.78 is 10.9. The first-order chi connectivity index (χ1) is 7.59. The van der Waals surface area contributed by atoms with E-state index in [0.717, 1.165) is 12.2 Å². The largest absolute Gasteiger partial charge is 0.475 e. The number of pyridine rings is 1. The first-order valence-electron chi connectivity index (χ1n) is 5.52. The molecule has 0 unspecified atom stereocenters. The average Bonchev–Trinajstić information content (AvgIpc) is 2.20. The number of nitrogen functional groups attached to an aromatic ring is 1. The molecule has 16 heavy (non-hydrogen) atoms. The third-order valence-corrected chi connectivity index (χ3v) is 1.97. The van der Waals surface area contributed by atoms with Crippen LogP contribution in [0, 0.1) is 12.8 Å². The first-order valence-corrected chi connectivity index (χ1v) is 5.52. The zero-order chi connectivity index (χ0) is 12.0. The van der Waals surface area contributed by atoms with Gasteiger partial charge >= 0.3 is 0 Å². The van der Waals surface area contributed by atoms with Crippen molar-refractivity contribution < 1.29 is 9.47 Å². The van der Waals surface area contributed by atoms with Crippen molar-refractivity contribution in [2.45, 2.75) is 20.8 Å². The molecule has 0 fully saturated rings. The van der Waals surface area contributed by atoms with Crippen molar-refractivity contribution in [3.63, 3.8) is 0 Å². The van der Waals surface area contributed by atoms with Crippen LogP contribution in [-0.2, 0) is 4.74 Å². The fourth-order valence-corrected chi connectivity index (χ4v) is 1.25. The summed E-state index contributed by atoms with van der Waals surface area (Å²) in [6.07, 6.45) is 1.59. The van der Waals surface area contributed by atoms with Gasteiger partial charge < -0.3 is 15.2 Å².